The van der Waals surface area contributed by atoms with Crippen LogP contribution in [0.1, 0.15) is 50.7 Å². The standard InChI is InChI=1S/C13H18ClFO/c1-2-3-4-5-6-13(16)10-7-11(14)9-12(15)8-10/h7-9,13,16H,2-6H2,1H3. The average Bonchev–Trinajstić information content (AvgIpc) is 2.22. The zero-order chi connectivity index (χ0) is 12.0. The minimum absolute atomic E-state index is 0.336. The van der Waals surface area contributed by atoms with Gasteiger partial charge in [-0.25, -0.2) is 4.39 Å². The second-order valence-corrected chi connectivity index (χ2v) is 4.50. The highest BCUT2D eigenvalue weighted by molar-refractivity contribution is 6.30. The molecular formula is C13H18ClFO. The molecule has 1 aromatic carbocycles. The molecule has 1 rings (SSSR count). The quantitative estimate of drug-likeness (QED) is 0.732. The van der Waals surface area contributed by atoms with E-state index in [2.05, 4.69) is 6.92 Å². The summed E-state index contributed by atoms with van der Waals surface area (Å²) in [5.41, 5.74) is 0.571. The molecule has 1 atom stereocenters. The molecule has 0 fully saturated rings. The van der Waals surface area contributed by atoms with Gasteiger partial charge in [0.15, 0.2) is 0 Å². The number of rotatable bonds is 6. The van der Waals surface area contributed by atoms with Crippen LogP contribution in [0.5, 0.6) is 0 Å². The molecule has 0 aromatic heterocycles. The lowest BCUT2D eigenvalue weighted by Crippen LogP contribution is -1.98. The predicted octanol–water partition coefficient (Wildman–Crippen LogP) is 4.48. The van der Waals surface area contributed by atoms with Crippen molar-refractivity contribution < 1.29 is 9.50 Å². The summed E-state index contributed by atoms with van der Waals surface area (Å²) in [6.07, 6.45) is 4.47. The topological polar surface area (TPSA) is 20.2 Å². The van der Waals surface area contributed by atoms with Gasteiger partial charge >= 0.3 is 0 Å². The van der Waals surface area contributed by atoms with Crippen LogP contribution in [0, 0.1) is 5.82 Å². The molecule has 0 saturated heterocycles. The molecule has 1 unspecified atom stereocenters. The van der Waals surface area contributed by atoms with Crippen molar-refractivity contribution in [3.05, 3.63) is 34.6 Å². The van der Waals surface area contributed by atoms with Gasteiger partial charge in [-0.15, -0.1) is 0 Å². The van der Waals surface area contributed by atoms with Crippen molar-refractivity contribution in [3.63, 3.8) is 0 Å². The monoisotopic (exact) mass is 244 g/mol. The summed E-state index contributed by atoms with van der Waals surface area (Å²) in [7, 11) is 0. The van der Waals surface area contributed by atoms with Crippen LogP contribution in [0.15, 0.2) is 18.2 Å². The van der Waals surface area contributed by atoms with E-state index in [1.54, 1.807) is 6.07 Å². The normalized spacial score (nSPS) is 12.8. The third-order valence-electron chi connectivity index (χ3n) is 2.60. The number of hydrogen-bond acceptors (Lipinski definition) is 1. The molecule has 1 N–H and O–H groups in total. The van der Waals surface area contributed by atoms with Crippen LogP contribution in [-0.4, -0.2) is 5.11 Å². The lowest BCUT2D eigenvalue weighted by atomic mass is 10.0. The van der Waals surface area contributed by atoms with Gasteiger partial charge in [-0.1, -0.05) is 44.2 Å². The molecule has 0 radical (unpaired) electrons. The van der Waals surface area contributed by atoms with E-state index in [1.807, 2.05) is 0 Å². The van der Waals surface area contributed by atoms with E-state index in [0.29, 0.717) is 17.0 Å². The lowest BCUT2D eigenvalue weighted by Gasteiger charge is -2.11. The van der Waals surface area contributed by atoms with Crippen molar-refractivity contribution in [2.75, 3.05) is 0 Å². The van der Waals surface area contributed by atoms with Gasteiger partial charge in [0.25, 0.3) is 0 Å². The fourth-order valence-corrected chi connectivity index (χ4v) is 1.93. The summed E-state index contributed by atoms with van der Waals surface area (Å²) >= 11 is 5.73. The van der Waals surface area contributed by atoms with Crippen LogP contribution in [0.25, 0.3) is 0 Å². The van der Waals surface area contributed by atoms with Crippen LogP contribution >= 0.6 is 11.6 Å². The molecule has 1 nitrogen and oxygen atoms in total. The molecule has 0 bridgehead atoms. The maximum absolute atomic E-state index is 13.0. The van der Waals surface area contributed by atoms with Gasteiger partial charge in [0, 0.05) is 5.02 Å². The Hall–Kier alpha value is -0.600. The van der Waals surface area contributed by atoms with E-state index in [1.165, 1.54) is 25.0 Å². The van der Waals surface area contributed by atoms with Crippen LogP contribution < -0.4 is 0 Å². The smallest absolute Gasteiger partial charge is 0.125 e. The number of aliphatic hydroxyl groups excluding tert-OH is 1. The molecule has 0 aliphatic heterocycles. The first-order chi connectivity index (χ1) is 7.63. The first kappa shape index (κ1) is 13.5. The van der Waals surface area contributed by atoms with Crippen molar-refractivity contribution in [2.24, 2.45) is 0 Å². The van der Waals surface area contributed by atoms with Crippen LogP contribution in [0.3, 0.4) is 0 Å². The van der Waals surface area contributed by atoms with Gasteiger partial charge in [0.2, 0.25) is 0 Å². The zero-order valence-electron chi connectivity index (χ0n) is 9.55. The van der Waals surface area contributed by atoms with Gasteiger partial charge < -0.3 is 5.11 Å². The maximum Gasteiger partial charge on any atom is 0.125 e. The van der Waals surface area contributed by atoms with Gasteiger partial charge in [0.05, 0.1) is 6.10 Å². The molecule has 16 heavy (non-hydrogen) atoms. The zero-order valence-corrected chi connectivity index (χ0v) is 10.3. The second kappa shape index (κ2) is 6.87. The van der Waals surface area contributed by atoms with Crippen LogP contribution in [0.2, 0.25) is 5.02 Å². The summed E-state index contributed by atoms with van der Waals surface area (Å²) < 4.78 is 13.0. The number of benzene rings is 1. The summed E-state index contributed by atoms with van der Waals surface area (Å²) in [6, 6.07) is 4.21. The summed E-state index contributed by atoms with van der Waals surface area (Å²) in [4.78, 5) is 0. The van der Waals surface area contributed by atoms with Crippen molar-refractivity contribution in [2.45, 2.75) is 45.1 Å². The Bertz CT molecular complexity index is 307. The van der Waals surface area contributed by atoms with Gasteiger partial charge in [-0.05, 0) is 30.2 Å². The Kier molecular flexibility index (Phi) is 5.78. The highest BCUT2D eigenvalue weighted by Gasteiger charge is 2.09. The fourth-order valence-electron chi connectivity index (χ4n) is 1.70. The van der Waals surface area contributed by atoms with Crippen molar-refractivity contribution >= 4 is 11.6 Å². The number of aliphatic hydroxyl groups is 1. The summed E-state index contributed by atoms with van der Waals surface area (Å²) in [5.74, 6) is -0.393. The minimum atomic E-state index is -0.606. The van der Waals surface area contributed by atoms with Gasteiger partial charge in [0.1, 0.15) is 5.82 Å². The molecule has 0 spiro atoms. The highest BCUT2D eigenvalue weighted by atomic mass is 35.5. The molecule has 0 aliphatic carbocycles. The Balaban J connectivity index is 2.48. The lowest BCUT2D eigenvalue weighted by molar-refractivity contribution is 0.163. The number of unbranched alkanes of at least 4 members (excludes halogenated alkanes) is 3. The first-order valence-electron chi connectivity index (χ1n) is 5.77. The molecule has 0 amide bonds. The third kappa shape index (κ3) is 4.50. The van der Waals surface area contributed by atoms with E-state index in [9.17, 15) is 9.50 Å². The minimum Gasteiger partial charge on any atom is -0.388 e. The fraction of sp³-hybridized carbons (Fsp3) is 0.538. The van der Waals surface area contributed by atoms with E-state index < -0.39 is 11.9 Å². The average molecular weight is 245 g/mol. The first-order valence-corrected chi connectivity index (χ1v) is 6.15. The molecule has 1 aromatic rings. The second-order valence-electron chi connectivity index (χ2n) is 4.07. The summed E-state index contributed by atoms with van der Waals surface area (Å²) in [5, 5.41) is 10.2. The molecule has 3 heteroatoms. The van der Waals surface area contributed by atoms with Crippen LogP contribution in [0.4, 0.5) is 4.39 Å². The van der Waals surface area contributed by atoms with Crippen molar-refractivity contribution in [1.82, 2.24) is 0 Å². The summed E-state index contributed by atoms with van der Waals surface area (Å²) in [6.45, 7) is 2.14. The SMILES string of the molecule is CCCCCCC(O)c1cc(F)cc(Cl)c1. The Morgan fingerprint density at radius 3 is 2.62 bits per heavy atom. The third-order valence-corrected chi connectivity index (χ3v) is 2.82. The molecule has 0 aliphatic rings. The van der Waals surface area contributed by atoms with E-state index in [-0.39, 0.29) is 0 Å². The number of hydrogen-bond donors (Lipinski definition) is 1. The molecular weight excluding hydrogens is 227 g/mol. The Labute approximate surface area is 101 Å². The number of halogens is 2. The van der Waals surface area contributed by atoms with Gasteiger partial charge in [-0.3, -0.25) is 0 Å². The van der Waals surface area contributed by atoms with Gasteiger partial charge in [-0.2, -0.15) is 0 Å². The van der Waals surface area contributed by atoms with E-state index in [0.717, 1.165) is 12.8 Å². The molecule has 0 heterocycles. The van der Waals surface area contributed by atoms with Crippen molar-refractivity contribution in [3.8, 4) is 0 Å². The van der Waals surface area contributed by atoms with E-state index in [4.69, 9.17) is 11.6 Å². The highest BCUT2D eigenvalue weighted by Crippen LogP contribution is 2.24. The van der Waals surface area contributed by atoms with E-state index >= 15 is 0 Å². The molecule has 90 valence electrons. The van der Waals surface area contributed by atoms with Crippen LogP contribution in [-0.2, 0) is 0 Å². The molecule has 0 saturated carbocycles. The Morgan fingerprint density at radius 2 is 2.00 bits per heavy atom. The predicted molar refractivity (Wildman–Crippen MR) is 65.1 cm³/mol. The van der Waals surface area contributed by atoms with Crippen molar-refractivity contribution in [1.29, 1.82) is 0 Å². The largest absolute Gasteiger partial charge is 0.388 e. The Morgan fingerprint density at radius 1 is 1.25 bits per heavy atom. The maximum atomic E-state index is 13.0.